The van der Waals surface area contributed by atoms with E-state index in [-0.39, 0.29) is 6.10 Å². The van der Waals surface area contributed by atoms with E-state index in [0.717, 1.165) is 12.8 Å². The Morgan fingerprint density at radius 2 is 2.05 bits per heavy atom. The molecule has 1 aliphatic heterocycles. The van der Waals surface area contributed by atoms with Crippen LogP contribution in [-0.2, 0) is 16.1 Å². The minimum Gasteiger partial charge on any atom is -0.374 e. The molecule has 104 valence electrons. The van der Waals surface area contributed by atoms with Gasteiger partial charge >= 0.3 is 0 Å². The van der Waals surface area contributed by atoms with Gasteiger partial charge in [0.2, 0.25) is 0 Å². The van der Waals surface area contributed by atoms with E-state index in [2.05, 4.69) is 32.6 Å². The molecular weight excluding hydrogens is 236 g/mol. The fraction of sp³-hybridized carbons (Fsp3) is 0.529. The summed E-state index contributed by atoms with van der Waals surface area (Å²) in [5, 5.41) is 0. The van der Waals surface area contributed by atoms with Crippen molar-refractivity contribution >= 4 is 0 Å². The predicted octanol–water partition coefficient (Wildman–Crippen LogP) is 3.96. The van der Waals surface area contributed by atoms with E-state index in [0.29, 0.717) is 25.2 Å². The largest absolute Gasteiger partial charge is 0.374 e. The molecule has 0 aliphatic carbocycles. The molecule has 1 aromatic rings. The Morgan fingerprint density at radius 3 is 2.74 bits per heavy atom. The van der Waals surface area contributed by atoms with Crippen LogP contribution in [-0.4, -0.2) is 18.8 Å². The topological polar surface area (TPSA) is 18.5 Å². The van der Waals surface area contributed by atoms with Gasteiger partial charge in [0.15, 0.2) is 0 Å². The average Bonchev–Trinajstić information content (AvgIpc) is 2.39. The van der Waals surface area contributed by atoms with Crippen LogP contribution in [0.3, 0.4) is 0 Å². The van der Waals surface area contributed by atoms with Crippen LogP contribution in [0, 0.1) is 5.92 Å². The molecule has 0 N–H and O–H groups in total. The second-order valence-corrected chi connectivity index (χ2v) is 5.52. The van der Waals surface area contributed by atoms with Crippen molar-refractivity contribution in [2.24, 2.45) is 5.92 Å². The summed E-state index contributed by atoms with van der Waals surface area (Å²) < 4.78 is 11.8. The van der Waals surface area contributed by atoms with Gasteiger partial charge in [-0.3, -0.25) is 0 Å². The van der Waals surface area contributed by atoms with Gasteiger partial charge in [0, 0.05) is 5.92 Å². The second kappa shape index (κ2) is 6.88. The van der Waals surface area contributed by atoms with Gasteiger partial charge in [-0.2, -0.15) is 0 Å². The Bertz CT molecular complexity index is 399. The van der Waals surface area contributed by atoms with E-state index in [1.165, 1.54) is 11.1 Å². The highest BCUT2D eigenvalue weighted by atomic mass is 16.5. The van der Waals surface area contributed by atoms with Crippen LogP contribution in [0.25, 0.3) is 0 Å². The summed E-state index contributed by atoms with van der Waals surface area (Å²) in [6.07, 6.45) is 2.77. The lowest BCUT2D eigenvalue weighted by molar-refractivity contribution is -0.103. The molecule has 2 rings (SSSR count). The third kappa shape index (κ3) is 4.19. The Kier molecular flexibility index (Phi) is 5.17. The first kappa shape index (κ1) is 14.3. The van der Waals surface area contributed by atoms with E-state index in [1.807, 2.05) is 18.2 Å². The summed E-state index contributed by atoms with van der Waals surface area (Å²) in [6.45, 7) is 9.61. The first-order valence-electron chi connectivity index (χ1n) is 7.09. The van der Waals surface area contributed by atoms with Crippen molar-refractivity contribution in [1.29, 1.82) is 0 Å². The molecule has 19 heavy (non-hydrogen) atoms. The van der Waals surface area contributed by atoms with Crippen molar-refractivity contribution in [3.63, 3.8) is 0 Å². The highest BCUT2D eigenvalue weighted by Crippen LogP contribution is 2.30. The first-order chi connectivity index (χ1) is 9.16. The van der Waals surface area contributed by atoms with Crippen LogP contribution in [0.5, 0.6) is 0 Å². The van der Waals surface area contributed by atoms with Gasteiger partial charge in [-0.05, 0) is 32.3 Å². The normalized spacial score (nSPS) is 27.2. The van der Waals surface area contributed by atoms with E-state index in [4.69, 9.17) is 9.47 Å². The van der Waals surface area contributed by atoms with Crippen LogP contribution in [0.1, 0.15) is 32.3 Å². The smallest absolute Gasteiger partial charge is 0.0877 e. The Hall–Kier alpha value is -1.12. The summed E-state index contributed by atoms with van der Waals surface area (Å²) in [5.41, 5.74) is 2.42. The van der Waals surface area contributed by atoms with Gasteiger partial charge in [-0.15, -0.1) is 0 Å². The van der Waals surface area contributed by atoms with Gasteiger partial charge in [-0.1, -0.05) is 42.5 Å². The van der Waals surface area contributed by atoms with Gasteiger partial charge in [0.25, 0.3) is 0 Å². The van der Waals surface area contributed by atoms with Gasteiger partial charge < -0.3 is 9.47 Å². The van der Waals surface area contributed by atoms with Crippen molar-refractivity contribution in [3.05, 3.63) is 48.0 Å². The van der Waals surface area contributed by atoms with Gasteiger partial charge in [0.1, 0.15) is 0 Å². The fourth-order valence-corrected chi connectivity index (χ4v) is 2.65. The number of ether oxygens (including phenoxy) is 2. The predicted molar refractivity (Wildman–Crippen MR) is 78.0 cm³/mol. The third-order valence-corrected chi connectivity index (χ3v) is 3.77. The molecule has 1 aromatic carbocycles. The second-order valence-electron chi connectivity index (χ2n) is 5.52. The van der Waals surface area contributed by atoms with Crippen molar-refractivity contribution in [2.45, 2.75) is 45.5 Å². The summed E-state index contributed by atoms with van der Waals surface area (Å²) >= 11 is 0. The van der Waals surface area contributed by atoms with Crippen LogP contribution < -0.4 is 0 Å². The molecule has 0 radical (unpaired) electrons. The number of hydrogen-bond acceptors (Lipinski definition) is 2. The maximum absolute atomic E-state index is 6.01. The number of hydrogen-bond donors (Lipinski definition) is 0. The minimum absolute atomic E-state index is 0.157. The van der Waals surface area contributed by atoms with E-state index in [9.17, 15) is 0 Å². The third-order valence-electron chi connectivity index (χ3n) is 3.77. The quantitative estimate of drug-likeness (QED) is 0.746. The standard InChI is InChI=1S/C17H24O2/c1-13(2)16-10-9-14(3)19-17(16)12-18-11-15-7-5-4-6-8-15/h4-8,14,16-17H,1,9-12H2,2-3H3/t14-,16+,17+/m1/s1. The van der Waals surface area contributed by atoms with Crippen molar-refractivity contribution < 1.29 is 9.47 Å². The summed E-state index contributed by atoms with van der Waals surface area (Å²) in [7, 11) is 0. The lowest BCUT2D eigenvalue weighted by Crippen LogP contribution is -2.37. The van der Waals surface area contributed by atoms with Gasteiger partial charge in [0.05, 0.1) is 25.4 Å². The Labute approximate surface area is 116 Å². The molecular formula is C17H24O2. The fourth-order valence-electron chi connectivity index (χ4n) is 2.65. The molecule has 1 aliphatic rings. The maximum Gasteiger partial charge on any atom is 0.0877 e. The zero-order chi connectivity index (χ0) is 13.7. The monoisotopic (exact) mass is 260 g/mol. The summed E-state index contributed by atoms with van der Waals surface area (Å²) in [4.78, 5) is 0. The molecule has 0 spiro atoms. The molecule has 0 amide bonds. The SMILES string of the molecule is C=C(C)[C@@H]1CC[C@@H](C)O[C@H]1COCc1ccccc1. The Balaban J connectivity index is 1.84. The molecule has 0 unspecified atom stereocenters. The van der Waals surface area contributed by atoms with E-state index >= 15 is 0 Å². The van der Waals surface area contributed by atoms with Crippen LogP contribution in [0.15, 0.2) is 42.5 Å². The molecule has 1 saturated heterocycles. The molecule has 0 saturated carbocycles. The van der Waals surface area contributed by atoms with Crippen LogP contribution in [0.4, 0.5) is 0 Å². The van der Waals surface area contributed by atoms with E-state index < -0.39 is 0 Å². The van der Waals surface area contributed by atoms with Crippen LogP contribution >= 0.6 is 0 Å². The highest BCUT2D eigenvalue weighted by molar-refractivity contribution is 5.13. The Morgan fingerprint density at radius 1 is 1.32 bits per heavy atom. The molecule has 2 nitrogen and oxygen atoms in total. The molecule has 0 aromatic heterocycles. The van der Waals surface area contributed by atoms with Crippen molar-refractivity contribution in [3.8, 4) is 0 Å². The molecule has 0 bridgehead atoms. The van der Waals surface area contributed by atoms with Gasteiger partial charge in [-0.25, -0.2) is 0 Å². The average molecular weight is 260 g/mol. The molecule has 1 heterocycles. The lowest BCUT2D eigenvalue weighted by Gasteiger charge is -2.35. The molecule has 2 heteroatoms. The van der Waals surface area contributed by atoms with Crippen LogP contribution in [0.2, 0.25) is 0 Å². The number of rotatable bonds is 5. The minimum atomic E-state index is 0.157. The lowest BCUT2D eigenvalue weighted by atomic mass is 9.87. The molecule has 1 fully saturated rings. The maximum atomic E-state index is 6.01. The van der Waals surface area contributed by atoms with Crippen molar-refractivity contribution in [1.82, 2.24) is 0 Å². The highest BCUT2D eigenvalue weighted by Gasteiger charge is 2.29. The first-order valence-corrected chi connectivity index (χ1v) is 7.09. The van der Waals surface area contributed by atoms with Crippen molar-refractivity contribution in [2.75, 3.05) is 6.61 Å². The zero-order valence-corrected chi connectivity index (χ0v) is 12.0. The zero-order valence-electron chi connectivity index (χ0n) is 12.0. The van der Waals surface area contributed by atoms with E-state index in [1.54, 1.807) is 0 Å². The summed E-state index contributed by atoms with van der Waals surface area (Å²) in [5.74, 6) is 0.437. The molecule has 3 atom stereocenters. The number of benzene rings is 1. The summed E-state index contributed by atoms with van der Waals surface area (Å²) in [6, 6.07) is 10.3.